The normalized spacial score (nSPS) is 18.1. The largest absolute Gasteiger partial charge is 0.484 e. The monoisotopic (exact) mass is 386 g/mol. The predicted octanol–water partition coefficient (Wildman–Crippen LogP) is 1.92. The second-order valence-corrected chi connectivity index (χ2v) is 6.85. The summed E-state index contributed by atoms with van der Waals surface area (Å²) >= 11 is 0. The Balaban J connectivity index is 1.35. The van der Waals surface area contributed by atoms with Crippen LogP contribution in [-0.2, 0) is 11.4 Å². The number of carbonyl (C=O) groups excluding carboxylic acids is 2. The van der Waals surface area contributed by atoms with Gasteiger partial charge in [0.15, 0.2) is 12.3 Å². The lowest BCUT2D eigenvalue weighted by Gasteiger charge is -2.35. The van der Waals surface area contributed by atoms with Gasteiger partial charge >= 0.3 is 0 Å². The number of nitrogens with zero attached hydrogens (tertiary/aromatic N) is 3. The SMILES string of the molecule is CC1=NC2(CCN(C(=O)c3coc(COc4cccc(F)c4)n3)CC2)C(=O)N1. The molecule has 0 aliphatic carbocycles. The summed E-state index contributed by atoms with van der Waals surface area (Å²) in [6, 6.07) is 5.72. The second kappa shape index (κ2) is 7.06. The van der Waals surface area contributed by atoms with Crippen molar-refractivity contribution in [1.29, 1.82) is 0 Å². The molecule has 2 amide bonds. The Kier molecular flexibility index (Phi) is 4.58. The molecular weight excluding hydrogens is 367 g/mol. The highest BCUT2D eigenvalue weighted by atomic mass is 19.1. The van der Waals surface area contributed by atoms with Crippen LogP contribution < -0.4 is 10.1 Å². The Labute approximate surface area is 160 Å². The van der Waals surface area contributed by atoms with E-state index in [4.69, 9.17) is 9.15 Å². The Morgan fingerprint density at radius 3 is 2.86 bits per heavy atom. The molecule has 146 valence electrons. The minimum absolute atomic E-state index is 0.0198. The lowest BCUT2D eigenvalue weighted by molar-refractivity contribution is -0.125. The van der Waals surface area contributed by atoms with Crippen LogP contribution in [0, 0.1) is 5.82 Å². The maximum absolute atomic E-state index is 13.2. The zero-order chi connectivity index (χ0) is 19.7. The number of nitrogens with one attached hydrogen (secondary N) is 1. The van der Waals surface area contributed by atoms with Gasteiger partial charge < -0.3 is 19.4 Å². The van der Waals surface area contributed by atoms with Crippen molar-refractivity contribution in [3.63, 3.8) is 0 Å². The van der Waals surface area contributed by atoms with Gasteiger partial charge in [-0.15, -0.1) is 0 Å². The van der Waals surface area contributed by atoms with Gasteiger partial charge in [-0.05, 0) is 31.9 Å². The molecule has 1 aromatic heterocycles. The van der Waals surface area contributed by atoms with E-state index < -0.39 is 11.4 Å². The van der Waals surface area contributed by atoms with Gasteiger partial charge in [0.05, 0.1) is 0 Å². The number of benzene rings is 1. The van der Waals surface area contributed by atoms with E-state index in [9.17, 15) is 14.0 Å². The van der Waals surface area contributed by atoms with Crippen LogP contribution in [0.1, 0.15) is 36.1 Å². The minimum Gasteiger partial charge on any atom is -0.484 e. The maximum Gasteiger partial charge on any atom is 0.275 e. The summed E-state index contributed by atoms with van der Waals surface area (Å²) in [6.07, 6.45) is 2.21. The van der Waals surface area contributed by atoms with Crippen LogP contribution in [-0.4, -0.2) is 46.2 Å². The lowest BCUT2D eigenvalue weighted by Crippen LogP contribution is -2.50. The molecule has 1 spiro atoms. The van der Waals surface area contributed by atoms with Crippen molar-refractivity contribution in [2.75, 3.05) is 13.1 Å². The van der Waals surface area contributed by atoms with Gasteiger partial charge in [-0.1, -0.05) is 6.07 Å². The number of halogens is 1. The summed E-state index contributed by atoms with van der Waals surface area (Å²) in [5.74, 6) is 0.406. The molecule has 0 atom stereocenters. The van der Waals surface area contributed by atoms with Crippen molar-refractivity contribution in [1.82, 2.24) is 15.2 Å². The molecule has 0 bridgehead atoms. The maximum atomic E-state index is 13.2. The fourth-order valence-corrected chi connectivity index (χ4v) is 3.44. The van der Waals surface area contributed by atoms with Crippen LogP contribution in [0.3, 0.4) is 0 Å². The van der Waals surface area contributed by atoms with Crippen molar-refractivity contribution in [3.05, 3.63) is 47.9 Å². The van der Waals surface area contributed by atoms with Crippen molar-refractivity contribution < 1.29 is 23.1 Å². The number of likely N-dealkylation sites (tertiary alicyclic amines) is 1. The van der Waals surface area contributed by atoms with Crippen LogP contribution in [0.2, 0.25) is 0 Å². The highest BCUT2D eigenvalue weighted by molar-refractivity contribution is 6.07. The van der Waals surface area contributed by atoms with Crippen LogP contribution in [0.15, 0.2) is 39.9 Å². The number of hydrogen-bond donors (Lipinski definition) is 1. The molecule has 0 unspecified atom stereocenters. The van der Waals surface area contributed by atoms with Crippen molar-refractivity contribution in [2.45, 2.75) is 31.9 Å². The first-order valence-electron chi connectivity index (χ1n) is 8.95. The number of aliphatic imine (C=N–C) groups is 1. The summed E-state index contributed by atoms with van der Waals surface area (Å²) < 4.78 is 23.9. The molecule has 9 heteroatoms. The molecule has 2 aliphatic heterocycles. The Bertz CT molecular complexity index is 947. The third-order valence-corrected chi connectivity index (χ3v) is 4.91. The predicted molar refractivity (Wildman–Crippen MR) is 96.4 cm³/mol. The molecule has 1 N–H and O–H groups in total. The van der Waals surface area contributed by atoms with Gasteiger partial charge in [0.25, 0.3) is 11.8 Å². The number of aromatic nitrogens is 1. The van der Waals surface area contributed by atoms with Gasteiger partial charge in [-0.25, -0.2) is 9.37 Å². The van der Waals surface area contributed by atoms with E-state index in [1.54, 1.807) is 17.9 Å². The Morgan fingerprint density at radius 1 is 1.39 bits per heavy atom. The van der Waals surface area contributed by atoms with E-state index in [2.05, 4.69) is 15.3 Å². The van der Waals surface area contributed by atoms with Crippen molar-refractivity contribution >= 4 is 17.6 Å². The average molecular weight is 386 g/mol. The molecule has 8 nitrogen and oxygen atoms in total. The molecule has 4 rings (SSSR count). The highest BCUT2D eigenvalue weighted by Crippen LogP contribution is 2.30. The first kappa shape index (κ1) is 18.1. The van der Waals surface area contributed by atoms with Crippen molar-refractivity contribution in [3.8, 4) is 5.75 Å². The highest BCUT2D eigenvalue weighted by Gasteiger charge is 2.45. The number of rotatable bonds is 4. The number of carbonyl (C=O) groups is 2. The zero-order valence-electron chi connectivity index (χ0n) is 15.3. The first-order chi connectivity index (χ1) is 13.4. The van der Waals surface area contributed by atoms with Crippen LogP contribution in [0.25, 0.3) is 0 Å². The first-order valence-corrected chi connectivity index (χ1v) is 8.95. The van der Waals surface area contributed by atoms with E-state index in [1.165, 1.54) is 24.5 Å². The number of ether oxygens (including phenoxy) is 1. The molecule has 28 heavy (non-hydrogen) atoms. The van der Waals surface area contributed by atoms with Crippen LogP contribution >= 0.6 is 0 Å². The van der Waals surface area contributed by atoms with Gasteiger partial charge in [-0.3, -0.25) is 14.6 Å². The van der Waals surface area contributed by atoms with Gasteiger partial charge in [0.1, 0.15) is 29.2 Å². The summed E-state index contributed by atoms with van der Waals surface area (Å²) in [6.45, 7) is 2.55. The van der Waals surface area contributed by atoms with Crippen LogP contribution in [0.4, 0.5) is 4.39 Å². The minimum atomic E-state index is -0.755. The number of amides is 2. The number of piperidine rings is 1. The van der Waals surface area contributed by atoms with Gasteiger partial charge in [0.2, 0.25) is 5.89 Å². The van der Waals surface area contributed by atoms with E-state index in [0.717, 1.165) is 0 Å². The standard InChI is InChI=1S/C19H19FN4O4/c1-12-21-18(26)19(23-12)5-7-24(8-6-19)17(25)15-10-28-16(22-15)11-27-14-4-2-3-13(20)9-14/h2-4,9-10H,5-8,11H2,1H3,(H,21,23,26). The quantitative estimate of drug-likeness (QED) is 0.866. The van der Waals surface area contributed by atoms with E-state index in [1.807, 2.05) is 0 Å². The van der Waals surface area contributed by atoms with E-state index >= 15 is 0 Å². The zero-order valence-corrected chi connectivity index (χ0v) is 15.3. The molecule has 3 heterocycles. The third kappa shape index (κ3) is 3.47. The summed E-state index contributed by atoms with van der Waals surface area (Å²) in [5.41, 5.74) is -0.585. The molecule has 2 aliphatic rings. The molecule has 1 fully saturated rings. The summed E-state index contributed by atoms with van der Waals surface area (Å²) in [7, 11) is 0. The van der Waals surface area contributed by atoms with Crippen LogP contribution in [0.5, 0.6) is 5.75 Å². The summed E-state index contributed by atoms with van der Waals surface area (Å²) in [5, 5.41) is 2.73. The van der Waals surface area contributed by atoms with Crippen molar-refractivity contribution in [2.24, 2.45) is 4.99 Å². The van der Waals surface area contributed by atoms with E-state index in [-0.39, 0.29) is 30.0 Å². The molecule has 1 aromatic carbocycles. The number of oxazole rings is 1. The van der Waals surface area contributed by atoms with E-state index in [0.29, 0.717) is 37.5 Å². The third-order valence-electron chi connectivity index (χ3n) is 4.91. The number of hydrogen-bond acceptors (Lipinski definition) is 6. The molecule has 2 aromatic rings. The fourth-order valence-electron chi connectivity index (χ4n) is 3.44. The van der Waals surface area contributed by atoms with Gasteiger partial charge in [-0.2, -0.15) is 0 Å². The smallest absolute Gasteiger partial charge is 0.275 e. The lowest BCUT2D eigenvalue weighted by atomic mass is 9.88. The molecule has 0 saturated carbocycles. The average Bonchev–Trinajstić information content (AvgIpc) is 3.25. The Hall–Kier alpha value is -3.23. The molecule has 0 radical (unpaired) electrons. The summed E-state index contributed by atoms with van der Waals surface area (Å²) in [4.78, 5) is 35.0. The molecular formula is C19H19FN4O4. The molecule has 1 saturated heterocycles. The number of amidine groups is 1. The topological polar surface area (TPSA) is 97.0 Å². The Morgan fingerprint density at radius 2 is 2.18 bits per heavy atom. The fraction of sp³-hybridized carbons (Fsp3) is 0.368. The van der Waals surface area contributed by atoms with Gasteiger partial charge in [0, 0.05) is 19.2 Å². The second-order valence-electron chi connectivity index (χ2n) is 6.85.